The predicted octanol–water partition coefficient (Wildman–Crippen LogP) is 9.10. The zero-order valence-corrected chi connectivity index (χ0v) is 24.0. The number of benzene rings is 1. The number of allylic oxidation sites excluding steroid dienone is 3. The van der Waals surface area contributed by atoms with Gasteiger partial charge in [0, 0.05) is 12.7 Å². The van der Waals surface area contributed by atoms with Crippen molar-refractivity contribution in [2.45, 2.75) is 110 Å². The Morgan fingerprint density at radius 2 is 1.68 bits per heavy atom. The van der Waals surface area contributed by atoms with Gasteiger partial charge in [-0.1, -0.05) is 57.6 Å². The van der Waals surface area contributed by atoms with Crippen molar-refractivity contribution < 1.29 is 13.9 Å². The van der Waals surface area contributed by atoms with Crippen LogP contribution in [0.25, 0.3) is 0 Å². The second kappa shape index (κ2) is 18.0. The normalized spacial score (nSPS) is 14.1. The van der Waals surface area contributed by atoms with Crippen LogP contribution in [-0.2, 0) is 15.8 Å². The molecule has 0 aliphatic carbocycles. The first kappa shape index (κ1) is 30.7. The van der Waals surface area contributed by atoms with Gasteiger partial charge in [-0.2, -0.15) is 0 Å². The number of methoxy groups -OCH3 is 1. The van der Waals surface area contributed by atoms with E-state index in [1.807, 2.05) is 18.2 Å². The molecule has 0 saturated heterocycles. The minimum Gasteiger partial charge on any atom is -0.497 e. The van der Waals surface area contributed by atoms with Gasteiger partial charge in [0.15, 0.2) is 8.32 Å². The number of hydrogen-bond acceptors (Lipinski definition) is 3. The van der Waals surface area contributed by atoms with Gasteiger partial charge in [-0.3, -0.25) is 0 Å². The summed E-state index contributed by atoms with van der Waals surface area (Å²) < 4.78 is 18.2. The van der Waals surface area contributed by atoms with E-state index in [0.717, 1.165) is 50.9 Å². The highest BCUT2D eigenvalue weighted by molar-refractivity contribution is 6.73. The Morgan fingerprint density at radius 1 is 1.00 bits per heavy atom. The van der Waals surface area contributed by atoms with Crippen LogP contribution >= 0.6 is 0 Å². The molecule has 0 radical (unpaired) electrons. The van der Waals surface area contributed by atoms with Gasteiger partial charge in [0.1, 0.15) is 5.75 Å². The van der Waals surface area contributed by atoms with Crippen LogP contribution in [0.15, 0.2) is 48.6 Å². The fourth-order valence-electron chi connectivity index (χ4n) is 4.58. The molecule has 0 saturated carbocycles. The molecule has 0 aliphatic heterocycles. The third-order valence-corrected chi connectivity index (χ3v) is 11.8. The maximum absolute atomic E-state index is 7.03. The van der Waals surface area contributed by atoms with Crippen molar-refractivity contribution >= 4 is 8.32 Å². The third-order valence-electron chi connectivity index (χ3n) is 7.17. The van der Waals surface area contributed by atoms with Crippen molar-refractivity contribution in [3.8, 4) is 5.75 Å². The fourth-order valence-corrected chi connectivity index (χ4v) is 7.57. The Balaban J connectivity index is 2.57. The van der Waals surface area contributed by atoms with Crippen LogP contribution in [0, 0.1) is 5.92 Å². The van der Waals surface area contributed by atoms with Gasteiger partial charge in [-0.05, 0) is 93.6 Å². The Kier molecular flexibility index (Phi) is 16.2. The average Bonchev–Trinajstić information content (AvgIpc) is 2.86. The first-order valence-electron chi connectivity index (χ1n) is 13.6. The van der Waals surface area contributed by atoms with Gasteiger partial charge < -0.3 is 13.9 Å². The molecule has 3 nitrogen and oxygen atoms in total. The van der Waals surface area contributed by atoms with E-state index in [-0.39, 0.29) is 0 Å². The summed E-state index contributed by atoms with van der Waals surface area (Å²) in [6.07, 6.45) is 12.7. The van der Waals surface area contributed by atoms with Crippen molar-refractivity contribution in [3.05, 3.63) is 54.1 Å². The summed E-state index contributed by atoms with van der Waals surface area (Å²) in [5, 5.41) is 0. The van der Waals surface area contributed by atoms with E-state index in [0.29, 0.717) is 18.6 Å². The molecule has 1 aromatic rings. The molecule has 0 bridgehead atoms. The van der Waals surface area contributed by atoms with E-state index in [1.54, 1.807) is 7.11 Å². The van der Waals surface area contributed by atoms with Crippen molar-refractivity contribution in [1.82, 2.24) is 0 Å². The number of unbranched alkanes of at least 4 members (excludes halogenated alkanes) is 3. The minimum absolute atomic E-state index is 0.352. The molecule has 4 heteroatoms. The molecule has 0 amide bonds. The quantitative estimate of drug-likeness (QED) is 0.104. The molecule has 0 fully saturated rings. The Labute approximate surface area is 212 Å². The zero-order chi connectivity index (χ0) is 25.2. The van der Waals surface area contributed by atoms with Crippen LogP contribution in [0.5, 0.6) is 5.75 Å². The molecular formula is C30H52O3Si. The van der Waals surface area contributed by atoms with Gasteiger partial charge in [0.05, 0.1) is 13.7 Å². The van der Waals surface area contributed by atoms with E-state index in [1.165, 1.54) is 35.7 Å². The highest BCUT2D eigenvalue weighted by Crippen LogP contribution is 2.30. The van der Waals surface area contributed by atoms with E-state index < -0.39 is 8.32 Å². The standard InChI is InChI=1S/C30H52O3Si/c1-8-12-13-14-17-26(5)24-27(6)30(33-34(9-2,10-3)11-4)18-15-16-23-32-25-28-19-21-29(31-7)22-20-28/h8,17,19-22,27,30H,1,9-16,18,23-25H2,2-7H3/b26-17+/t27-,30-/m0/s1. The van der Waals surface area contributed by atoms with E-state index in [9.17, 15) is 0 Å². The Hall–Kier alpha value is -1.36. The number of rotatable bonds is 20. The van der Waals surface area contributed by atoms with Gasteiger partial charge in [-0.15, -0.1) is 6.58 Å². The Bertz CT molecular complexity index is 671. The SMILES string of the molecule is C=CCCC/C=C(\C)C[C@H](C)[C@H](CCCCOCc1ccc(OC)cc1)O[Si](CC)(CC)CC. The second-order valence-corrected chi connectivity index (χ2v) is 14.5. The topological polar surface area (TPSA) is 27.7 Å². The lowest BCUT2D eigenvalue weighted by Gasteiger charge is -2.36. The molecule has 0 spiro atoms. The fraction of sp³-hybridized carbons (Fsp3) is 0.667. The average molecular weight is 489 g/mol. The molecule has 0 aromatic heterocycles. The summed E-state index contributed by atoms with van der Waals surface area (Å²) in [7, 11) is 0.0640. The Morgan fingerprint density at radius 3 is 2.26 bits per heavy atom. The largest absolute Gasteiger partial charge is 0.497 e. The summed E-state index contributed by atoms with van der Waals surface area (Å²) in [5.41, 5.74) is 2.69. The van der Waals surface area contributed by atoms with Gasteiger partial charge in [-0.25, -0.2) is 0 Å². The molecule has 1 aromatic carbocycles. The van der Waals surface area contributed by atoms with E-state index >= 15 is 0 Å². The van der Waals surface area contributed by atoms with Crippen molar-refractivity contribution in [2.75, 3.05) is 13.7 Å². The van der Waals surface area contributed by atoms with Crippen molar-refractivity contribution in [3.63, 3.8) is 0 Å². The molecule has 1 rings (SSSR count). The highest BCUT2D eigenvalue weighted by atomic mass is 28.4. The molecule has 0 unspecified atom stereocenters. The minimum atomic E-state index is -1.63. The molecule has 0 aliphatic rings. The van der Waals surface area contributed by atoms with Crippen LogP contribution in [-0.4, -0.2) is 28.1 Å². The van der Waals surface area contributed by atoms with Crippen molar-refractivity contribution in [2.24, 2.45) is 5.92 Å². The molecule has 0 heterocycles. The van der Waals surface area contributed by atoms with Crippen LogP contribution < -0.4 is 4.74 Å². The monoisotopic (exact) mass is 488 g/mol. The first-order valence-corrected chi connectivity index (χ1v) is 16.1. The lowest BCUT2D eigenvalue weighted by atomic mass is 9.92. The predicted molar refractivity (Wildman–Crippen MR) is 150 cm³/mol. The summed E-state index contributed by atoms with van der Waals surface area (Å²) >= 11 is 0. The highest BCUT2D eigenvalue weighted by Gasteiger charge is 2.33. The van der Waals surface area contributed by atoms with Crippen LogP contribution in [0.3, 0.4) is 0 Å². The summed E-state index contributed by atoms with van der Waals surface area (Å²) in [6, 6.07) is 11.8. The maximum Gasteiger partial charge on any atom is 0.192 e. The number of hydrogen-bond donors (Lipinski definition) is 0. The van der Waals surface area contributed by atoms with Gasteiger partial charge in [0.25, 0.3) is 0 Å². The zero-order valence-electron chi connectivity index (χ0n) is 23.0. The molecular weight excluding hydrogens is 436 g/mol. The third kappa shape index (κ3) is 11.9. The smallest absolute Gasteiger partial charge is 0.192 e. The lowest BCUT2D eigenvalue weighted by molar-refractivity contribution is 0.0975. The first-order chi connectivity index (χ1) is 16.4. The molecule has 2 atom stereocenters. The second-order valence-electron chi connectivity index (χ2n) is 9.75. The summed E-state index contributed by atoms with van der Waals surface area (Å²) in [5.74, 6) is 1.43. The van der Waals surface area contributed by atoms with Crippen LogP contribution in [0.1, 0.15) is 85.1 Å². The lowest BCUT2D eigenvalue weighted by Crippen LogP contribution is -2.42. The van der Waals surface area contributed by atoms with E-state index in [2.05, 4.69) is 59.4 Å². The van der Waals surface area contributed by atoms with Gasteiger partial charge >= 0.3 is 0 Å². The summed E-state index contributed by atoms with van der Waals surface area (Å²) in [4.78, 5) is 0. The molecule has 194 valence electrons. The number of ether oxygens (including phenoxy) is 2. The molecule has 0 N–H and O–H groups in total. The summed E-state index contributed by atoms with van der Waals surface area (Å²) in [6.45, 7) is 17.0. The maximum atomic E-state index is 7.03. The van der Waals surface area contributed by atoms with Crippen molar-refractivity contribution in [1.29, 1.82) is 0 Å². The van der Waals surface area contributed by atoms with Crippen LogP contribution in [0.4, 0.5) is 0 Å². The molecule has 34 heavy (non-hydrogen) atoms. The van der Waals surface area contributed by atoms with E-state index in [4.69, 9.17) is 13.9 Å². The van der Waals surface area contributed by atoms with Gasteiger partial charge in [0.2, 0.25) is 0 Å². The van der Waals surface area contributed by atoms with Crippen LogP contribution in [0.2, 0.25) is 18.1 Å².